The fraction of sp³-hybridized carbons (Fsp3) is 0.333. The molecule has 2 aromatic heterocycles. The van der Waals surface area contributed by atoms with Crippen molar-refractivity contribution in [2.45, 2.75) is 55.4 Å². The van der Waals surface area contributed by atoms with E-state index < -0.39 is 11.7 Å². The van der Waals surface area contributed by atoms with Gasteiger partial charge >= 0.3 is 6.09 Å². The molecule has 0 bridgehead atoms. The number of rotatable bonds is 6. The van der Waals surface area contributed by atoms with Crippen LogP contribution in [-0.4, -0.2) is 16.7 Å². The molecule has 0 fully saturated rings. The van der Waals surface area contributed by atoms with E-state index in [0.717, 1.165) is 15.6 Å². The number of hydrogen-bond acceptors (Lipinski definition) is 6. The summed E-state index contributed by atoms with van der Waals surface area (Å²) in [6, 6.07) is 8.87. The summed E-state index contributed by atoms with van der Waals surface area (Å²) >= 11 is 5.01. The van der Waals surface area contributed by atoms with Crippen LogP contribution in [0.3, 0.4) is 0 Å². The maximum absolute atomic E-state index is 11.8. The molecule has 3 aromatic rings. The number of nitrogens with zero attached hydrogens (tertiary/aromatic N) is 1. The number of thiazole rings is 1. The highest BCUT2D eigenvalue weighted by Gasteiger charge is 2.16. The van der Waals surface area contributed by atoms with Crippen LogP contribution in [0, 0.1) is 0 Å². The van der Waals surface area contributed by atoms with Crippen molar-refractivity contribution in [3.8, 4) is 11.1 Å². The molecule has 0 aliphatic carbocycles. The van der Waals surface area contributed by atoms with Crippen LogP contribution in [0.15, 0.2) is 50.3 Å². The molecule has 3 rings (SSSR count). The fourth-order valence-corrected chi connectivity index (χ4v) is 5.25. The highest BCUT2D eigenvalue weighted by Crippen LogP contribution is 2.35. The Kier molecular flexibility index (Phi) is 6.80. The second kappa shape index (κ2) is 9.11. The van der Waals surface area contributed by atoms with Crippen LogP contribution in [0.5, 0.6) is 0 Å². The summed E-state index contributed by atoms with van der Waals surface area (Å²) in [5.41, 5.74) is 3.33. The zero-order valence-corrected chi connectivity index (χ0v) is 18.9. The highest BCUT2D eigenvalue weighted by atomic mass is 32.2. The van der Waals surface area contributed by atoms with Gasteiger partial charge in [-0.3, -0.25) is 0 Å². The average Bonchev–Trinajstić information content (AvgIpc) is 3.30. The van der Waals surface area contributed by atoms with E-state index >= 15 is 0 Å². The summed E-state index contributed by atoms with van der Waals surface area (Å²) in [5.74, 6) is 0. The van der Waals surface area contributed by atoms with Crippen molar-refractivity contribution < 1.29 is 9.53 Å². The molecule has 0 saturated heterocycles. The molecular formula is C21H24N2O2S3. The van der Waals surface area contributed by atoms with Crippen molar-refractivity contribution >= 4 is 40.5 Å². The molecule has 0 radical (unpaired) electrons. The summed E-state index contributed by atoms with van der Waals surface area (Å²) in [4.78, 5) is 17.4. The highest BCUT2D eigenvalue weighted by molar-refractivity contribution is 8.01. The molecule has 4 nitrogen and oxygen atoms in total. The van der Waals surface area contributed by atoms with Gasteiger partial charge in [-0.05, 0) is 72.8 Å². The Morgan fingerprint density at radius 2 is 2.07 bits per heavy atom. The van der Waals surface area contributed by atoms with Gasteiger partial charge in [-0.1, -0.05) is 24.8 Å². The van der Waals surface area contributed by atoms with E-state index in [9.17, 15) is 4.79 Å². The number of amides is 1. The predicted molar refractivity (Wildman–Crippen MR) is 118 cm³/mol. The molecule has 0 atom stereocenters. The topological polar surface area (TPSA) is 51.2 Å². The van der Waals surface area contributed by atoms with E-state index in [4.69, 9.17) is 4.74 Å². The SMILES string of the molecule is CCc1cc(Sc2cnc(CNC(=O)OC(C)(C)C)s2)cc(-c2ccsc2)c1. The van der Waals surface area contributed by atoms with Crippen LogP contribution in [-0.2, 0) is 17.7 Å². The Hall–Kier alpha value is -1.83. The first-order valence-electron chi connectivity index (χ1n) is 9.08. The molecule has 1 aromatic carbocycles. The first-order chi connectivity index (χ1) is 13.3. The Labute approximate surface area is 178 Å². The lowest BCUT2D eigenvalue weighted by atomic mass is 10.0. The molecule has 2 heterocycles. The minimum Gasteiger partial charge on any atom is -0.444 e. The lowest BCUT2D eigenvalue weighted by Crippen LogP contribution is -2.32. The number of alkyl carbamates (subject to hydrolysis) is 1. The number of carbonyl (C=O) groups is 1. The minimum absolute atomic E-state index is 0.370. The van der Waals surface area contributed by atoms with Crippen LogP contribution in [0.4, 0.5) is 4.79 Å². The molecule has 28 heavy (non-hydrogen) atoms. The number of carbonyl (C=O) groups excluding carboxylic acids is 1. The smallest absolute Gasteiger partial charge is 0.408 e. The van der Waals surface area contributed by atoms with Crippen LogP contribution < -0.4 is 5.32 Å². The molecule has 0 saturated carbocycles. The minimum atomic E-state index is -0.502. The van der Waals surface area contributed by atoms with Gasteiger partial charge in [0.05, 0.1) is 17.0 Å². The normalized spacial score (nSPS) is 11.4. The number of nitrogens with one attached hydrogen (secondary N) is 1. The Morgan fingerprint density at radius 3 is 2.75 bits per heavy atom. The molecular weight excluding hydrogens is 408 g/mol. The van der Waals surface area contributed by atoms with Crippen LogP contribution in [0.1, 0.15) is 38.3 Å². The number of ether oxygens (including phenoxy) is 1. The third-order valence-corrected chi connectivity index (χ3v) is 6.52. The second-order valence-electron chi connectivity index (χ2n) is 7.26. The molecule has 0 spiro atoms. The maximum atomic E-state index is 11.8. The van der Waals surface area contributed by atoms with E-state index in [2.05, 4.69) is 52.3 Å². The van der Waals surface area contributed by atoms with Gasteiger partial charge in [-0.15, -0.1) is 11.3 Å². The number of aromatic nitrogens is 1. The standard InChI is InChI=1S/C21H24N2O2S3/c1-5-14-8-16(15-6-7-26-13-15)10-17(9-14)27-19-12-22-18(28-19)11-23-20(24)25-21(2,3)4/h6-10,12-13H,5,11H2,1-4H3,(H,23,24). The van der Waals surface area contributed by atoms with Crippen LogP contribution in [0.25, 0.3) is 11.1 Å². The second-order valence-corrected chi connectivity index (χ2v) is 10.5. The summed E-state index contributed by atoms with van der Waals surface area (Å²) < 4.78 is 6.36. The summed E-state index contributed by atoms with van der Waals surface area (Å²) in [6.45, 7) is 8.09. The van der Waals surface area contributed by atoms with E-state index in [0.29, 0.717) is 6.54 Å². The van der Waals surface area contributed by atoms with Gasteiger partial charge in [-0.25, -0.2) is 9.78 Å². The molecule has 148 valence electrons. The fourth-order valence-electron chi connectivity index (χ4n) is 2.52. The first-order valence-corrected chi connectivity index (χ1v) is 11.7. The lowest BCUT2D eigenvalue weighted by Gasteiger charge is -2.19. The summed E-state index contributed by atoms with van der Waals surface area (Å²) in [6.07, 6.45) is 2.44. The lowest BCUT2D eigenvalue weighted by molar-refractivity contribution is 0.0523. The molecule has 0 aliphatic heterocycles. The zero-order valence-electron chi connectivity index (χ0n) is 16.4. The van der Waals surface area contributed by atoms with Gasteiger partial charge in [0, 0.05) is 4.90 Å². The quantitative estimate of drug-likeness (QED) is 0.476. The van der Waals surface area contributed by atoms with Crippen LogP contribution in [0.2, 0.25) is 0 Å². The zero-order chi connectivity index (χ0) is 20.1. The predicted octanol–water partition coefficient (Wildman–Crippen LogP) is 6.61. The number of aryl methyl sites for hydroxylation is 1. The number of hydrogen-bond donors (Lipinski definition) is 1. The molecule has 1 N–H and O–H groups in total. The molecule has 0 aliphatic rings. The van der Waals surface area contributed by atoms with Crippen molar-refractivity contribution in [1.29, 1.82) is 0 Å². The summed E-state index contributed by atoms with van der Waals surface area (Å²) in [7, 11) is 0. The Bertz CT molecular complexity index is 928. The van der Waals surface area contributed by atoms with Crippen molar-refractivity contribution in [2.24, 2.45) is 0 Å². The maximum Gasteiger partial charge on any atom is 0.408 e. The monoisotopic (exact) mass is 432 g/mol. The van der Waals surface area contributed by atoms with Gasteiger partial charge < -0.3 is 10.1 Å². The first kappa shape index (κ1) is 20.9. The van der Waals surface area contributed by atoms with Gasteiger partial charge in [0.25, 0.3) is 0 Å². The molecule has 7 heteroatoms. The van der Waals surface area contributed by atoms with Gasteiger partial charge in [0.1, 0.15) is 10.6 Å². The largest absolute Gasteiger partial charge is 0.444 e. The molecule has 0 unspecified atom stereocenters. The van der Waals surface area contributed by atoms with Crippen molar-refractivity contribution in [1.82, 2.24) is 10.3 Å². The third kappa shape index (κ3) is 6.09. The Morgan fingerprint density at radius 1 is 1.25 bits per heavy atom. The summed E-state index contributed by atoms with van der Waals surface area (Å²) in [5, 5.41) is 7.90. The van der Waals surface area contributed by atoms with Crippen molar-refractivity contribution in [2.75, 3.05) is 0 Å². The Balaban J connectivity index is 1.66. The third-order valence-electron chi connectivity index (χ3n) is 3.76. The van der Waals surface area contributed by atoms with E-state index in [1.807, 2.05) is 27.0 Å². The van der Waals surface area contributed by atoms with Crippen LogP contribution >= 0.6 is 34.4 Å². The number of benzene rings is 1. The van der Waals surface area contributed by atoms with Crippen molar-refractivity contribution in [3.05, 3.63) is 51.8 Å². The van der Waals surface area contributed by atoms with E-state index in [-0.39, 0.29) is 0 Å². The number of thiophene rings is 1. The van der Waals surface area contributed by atoms with E-state index in [1.165, 1.54) is 21.6 Å². The average molecular weight is 433 g/mol. The van der Waals surface area contributed by atoms with Gasteiger partial charge in [0.15, 0.2) is 0 Å². The molecule has 1 amide bonds. The van der Waals surface area contributed by atoms with Gasteiger partial charge in [0.2, 0.25) is 0 Å². The van der Waals surface area contributed by atoms with Gasteiger partial charge in [-0.2, -0.15) is 11.3 Å². The van der Waals surface area contributed by atoms with E-state index in [1.54, 1.807) is 34.4 Å². The van der Waals surface area contributed by atoms with Crippen molar-refractivity contribution in [3.63, 3.8) is 0 Å².